The van der Waals surface area contributed by atoms with E-state index in [2.05, 4.69) is 21.8 Å². The maximum atomic E-state index is 6.11. The summed E-state index contributed by atoms with van der Waals surface area (Å²) in [7, 11) is 0. The summed E-state index contributed by atoms with van der Waals surface area (Å²) in [6, 6.07) is 0. The SMILES string of the molecule is C[C@H]1CCCC[C@H]1OCCN1CCc2cncnc2C1. The van der Waals surface area contributed by atoms with E-state index in [1.165, 1.54) is 36.9 Å². The fourth-order valence-corrected chi connectivity index (χ4v) is 3.36. The number of rotatable bonds is 4. The number of fused-ring (bicyclic) bond motifs is 1. The summed E-state index contributed by atoms with van der Waals surface area (Å²) in [5.41, 5.74) is 2.50. The first-order valence-electron chi connectivity index (χ1n) is 7.94. The average Bonchev–Trinajstić information content (AvgIpc) is 2.49. The van der Waals surface area contributed by atoms with Crippen LogP contribution in [0.4, 0.5) is 0 Å². The van der Waals surface area contributed by atoms with Crippen LogP contribution in [0.3, 0.4) is 0 Å². The number of hydrogen-bond acceptors (Lipinski definition) is 4. The van der Waals surface area contributed by atoms with Crippen molar-refractivity contribution in [1.82, 2.24) is 14.9 Å². The Labute approximate surface area is 121 Å². The Kier molecular flexibility index (Phi) is 4.63. The second-order valence-electron chi connectivity index (χ2n) is 6.19. The molecule has 1 aromatic rings. The Morgan fingerprint density at radius 1 is 1.35 bits per heavy atom. The molecule has 0 unspecified atom stereocenters. The molecule has 20 heavy (non-hydrogen) atoms. The molecule has 0 spiro atoms. The van der Waals surface area contributed by atoms with Crippen molar-refractivity contribution in [3.63, 3.8) is 0 Å². The van der Waals surface area contributed by atoms with Gasteiger partial charge in [-0.25, -0.2) is 9.97 Å². The molecule has 1 fully saturated rings. The molecule has 1 aliphatic heterocycles. The van der Waals surface area contributed by atoms with Gasteiger partial charge in [-0.3, -0.25) is 4.90 Å². The highest BCUT2D eigenvalue weighted by Gasteiger charge is 2.22. The molecule has 0 N–H and O–H groups in total. The zero-order valence-electron chi connectivity index (χ0n) is 12.4. The highest BCUT2D eigenvalue weighted by molar-refractivity contribution is 5.18. The third-order valence-corrected chi connectivity index (χ3v) is 4.72. The second-order valence-corrected chi connectivity index (χ2v) is 6.19. The van der Waals surface area contributed by atoms with Crippen molar-refractivity contribution in [2.24, 2.45) is 5.92 Å². The topological polar surface area (TPSA) is 38.2 Å². The standard InChI is InChI=1S/C16H25N3O/c1-13-4-2-3-5-16(13)20-9-8-19-7-6-14-10-17-12-18-15(14)11-19/h10,12-13,16H,2-9,11H2,1H3/t13-,16+/m0/s1. The minimum Gasteiger partial charge on any atom is -0.377 e. The predicted octanol–water partition coefficient (Wildman–Crippen LogP) is 2.43. The Bertz CT molecular complexity index is 437. The maximum absolute atomic E-state index is 6.11. The van der Waals surface area contributed by atoms with Gasteiger partial charge in [0.1, 0.15) is 6.33 Å². The molecule has 0 aromatic carbocycles. The van der Waals surface area contributed by atoms with E-state index in [1.807, 2.05) is 6.20 Å². The molecule has 3 rings (SSSR count). The minimum atomic E-state index is 0.489. The Morgan fingerprint density at radius 3 is 3.15 bits per heavy atom. The summed E-state index contributed by atoms with van der Waals surface area (Å²) in [4.78, 5) is 10.9. The smallest absolute Gasteiger partial charge is 0.115 e. The first-order valence-corrected chi connectivity index (χ1v) is 7.94. The molecule has 1 aliphatic carbocycles. The van der Waals surface area contributed by atoms with E-state index in [0.717, 1.165) is 38.6 Å². The summed E-state index contributed by atoms with van der Waals surface area (Å²) < 4.78 is 6.11. The first-order chi connectivity index (χ1) is 9.83. The van der Waals surface area contributed by atoms with E-state index in [0.29, 0.717) is 6.10 Å². The summed E-state index contributed by atoms with van der Waals surface area (Å²) in [5, 5.41) is 0. The average molecular weight is 275 g/mol. The Hall–Kier alpha value is -1.00. The monoisotopic (exact) mass is 275 g/mol. The largest absolute Gasteiger partial charge is 0.377 e. The molecule has 2 atom stereocenters. The van der Waals surface area contributed by atoms with Gasteiger partial charge in [-0.15, -0.1) is 0 Å². The highest BCUT2D eigenvalue weighted by Crippen LogP contribution is 2.26. The predicted molar refractivity (Wildman–Crippen MR) is 78.4 cm³/mol. The van der Waals surface area contributed by atoms with E-state index in [1.54, 1.807) is 6.33 Å². The van der Waals surface area contributed by atoms with E-state index in [9.17, 15) is 0 Å². The summed E-state index contributed by atoms with van der Waals surface area (Å²) in [5.74, 6) is 0.735. The normalized spacial score (nSPS) is 27.2. The third-order valence-electron chi connectivity index (χ3n) is 4.72. The lowest BCUT2D eigenvalue weighted by atomic mass is 9.88. The molecule has 0 saturated heterocycles. The van der Waals surface area contributed by atoms with E-state index < -0.39 is 0 Å². The van der Waals surface area contributed by atoms with Crippen LogP contribution in [-0.4, -0.2) is 40.7 Å². The van der Waals surface area contributed by atoms with Crippen LogP contribution in [-0.2, 0) is 17.7 Å². The van der Waals surface area contributed by atoms with E-state index >= 15 is 0 Å². The van der Waals surface area contributed by atoms with Crippen molar-refractivity contribution in [1.29, 1.82) is 0 Å². The van der Waals surface area contributed by atoms with Crippen LogP contribution in [0.2, 0.25) is 0 Å². The number of ether oxygens (including phenoxy) is 1. The molecule has 1 aromatic heterocycles. The molecule has 110 valence electrons. The van der Waals surface area contributed by atoms with Crippen LogP contribution in [0.15, 0.2) is 12.5 Å². The molecule has 1 saturated carbocycles. The van der Waals surface area contributed by atoms with Gasteiger partial charge in [-0.1, -0.05) is 19.8 Å². The number of aromatic nitrogens is 2. The Morgan fingerprint density at radius 2 is 2.25 bits per heavy atom. The molecule has 2 aliphatic rings. The second kappa shape index (κ2) is 6.64. The lowest BCUT2D eigenvalue weighted by Gasteiger charge is -2.31. The lowest BCUT2D eigenvalue weighted by molar-refractivity contribution is -0.0151. The first kappa shape index (κ1) is 14.0. The van der Waals surface area contributed by atoms with E-state index in [-0.39, 0.29) is 0 Å². The fraction of sp³-hybridized carbons (Fsp3) is 0.750. The van der Waals surface area contributed by atoms with Gasteiger partial charge in [0.15, 0.2) is 0 Å². The highest BCUT2D eigenvalue weighted by atomic mass is 16.5. The maximum Gasteiger partial charge on any atom is 0.115 e. The van der Waals surface area contributed by atoms with Crippen molar-refractivity contribution in [3.05, 3.63) is 23.8 Å². The van der Waals surface area contributed by atoms with Crippen molar-refractivity contribution >= 4 is 0 Å². The van der Waals surface area contributed by atoms with Gasteiger partial charge in [0.25, 0.3) is 0 Å². The molecule has 4 heteroatoms. The van der Waals surface area contributed by atoms with Crippen LogP contribution in [0.25, 0.3) is 0 Å². The zero-order chi connectivity index (χ0) is 13.8. The number of hydrogen-bond donors (Lipinski definition) is 0. The van der Waals surface area contributed by atoms with Gasteiger partial charge in [0.05, 0.1) is 18.4 Å². The molecular formula is C16H25N3O. The molecule has 0 bridgehead atoms. The van der Waals surface area contributed by atoms with Crippen molar-refractivity contribution < 1.29 is 4.74 Å². The molecule has 4 nitrogen and oxygen atoms in total. The molecular weight excluding hydrogens is 250 g/mol. The Balaban J connectivity index is 1.43. The molecule has 0 amide bonds. The fourth-order valence-electron chi connectivity index (χ4n) is 3.36. The van der Waals surface area contributed by atoms with Gasteiger partial charge in [-0.05, 0) is 30.7 Å². The van der Waals surface area contributed by atoms with Gasteiger partial charge in [0, 0.05) is 25.8 Å². The van der Waals surface area contributed by atoms with Crippen molar-refractivity contribution in [2.75, 3.05) is 19.7 Å². The van der Waals surface area contributed by atoms with Crippen LogP contribution < -0.4 is 0 Å². The third kappa shape index (κ3) is 3.36. The van der Waals surface area contributed by atoms with Crippen molar-refractivity contribution in [2.45, 2.75) is 51.7 Å². The van der Waals surface area contributed by atoms with Gasteiger partial charge in [-0.2, -0.15) is 0 Å². The van der Waals surface area contributed by atoms with Gasteiger partial charge < -0.3 is 4.74 Å². The summed E-state index contributed by atoms with van der Waals surface area (Å²) in [6.07, 6.45) is 10.5. The van der Waals surface area contributed by atoms with Crippen LogP contribution >= 0.6 is 0 Å². The molecule has 2 heterocycles. The summed E-state index contributed by atoms with van der Waals surface area (Å²) in [6.45, 7) is 6.26. The number of nitrogens with zero attached hydrogens (tertiary/aromatic N) is 3. The minimum absolute atomic E-state index is 0.489. The zero-order valence-corrected chi connectivity index (χ0v) is 12.4. The van der Waals surface area contributed by atoms with Crippen LogP contribution in [0.5, 0.6) is 0 Å². The quantitative estimate of drug-likeness (QED) is 0.846. The van der Waals surface area contributed by atoms with Crippen LogP contribution in [0, 0.1) is 5.92 Å². The van der Waals surface area contributed by atoms with Gasteiger partial charge >= 0.3 is 0 Å². The summed E-state index contributed by atoms with van der Waals surface area (Å²) >= 11 is 0. The van der Waals surface area contributed by atoms with Crippen LogP contribution in [0.1, 0.15) is 43.9 Å². The van der Waals surface area contributed by atoms with Gasteiger partial charge in [0.2, 0.25) is 0 Å². The lowest BCUT2D eigenvalue weighted by Crippen LogP contribution is -2.35. The van der Waals surface area contributed by atoms with Crippen molar-refractivity contribution in [3.8, 4) is 0 Å². The van der Waals surface area contributed by atoms with E-state index in [4.69, 9.17) is 4.74 Å². The molecule has 0 radical (unpaired) electrons.